The molecule has 0 aliphatic carbocycles. The Balaban J connectivity index is 2.28. The summed E-state index contributed by atoms with van der Waals surface area (Å²) in [5, 5.41) is 6.46. The Kier molecular flexibility index (Phi) is 5.80. The van der Waals surface area contributed by atoms with Gasteiger partial charge in [0.25, 0.3) is 0 Å². The Morgan fingerprint density at radius 3 is 2.45 bits per heavy atom. The Labute approximate surface area is 143 Å². The van der Waals surface area contributed by atoms with E-state index in [1.54, 1.807) is 6.20 Å². The number of aromatic nitrogens is 2. The summed E-state index contributed by atoms with van der Waals surface area (Å²) in [7, 11) is 0. The molecule has 0 unspecified atom stereocenters. The number of nitrogens with one attached hydrogen (secondary N) is 2. The second-order valence-electron chi connectivity index (χ2n) is 4.04. The maximum absolute atomic E-state index is 4.47. The van der Waals surface area contributed by atoms with Crippen molar-refractivity contribution < 1.29 is 0 Å². The molecule has 0 aliphatic heterocycles. The van der Waals surface area contributed by atoms with E-state index >= 15 is 0 Å². The van der Waals surface area contributed by atoms with Gasteiger partial charge in [-0.15, -0.1) is 0 Å². The minimum Gasteiger partial charge on any atom is -0.354 e. The van der Waals surface area contributed by atoms with E-state index in [1.165, 1.54) is 0 Å². The zero-order valence-corrected chi connectivity index (χ0v) is 15.5. The Morgan fingerprint density at radius 2 is 1.80 bits per heavy atom. The summed E-state index contributed by atoms with van der Waals surface area (Å²) in [6, 6.07) is 5.90. The standard InChI is InChI=1S/C13H13Br3N4/c1-2-6-17-13-18-7-10(16)12(20-13)19-11-8(14)4-3-5-9(11)15/h3-5,7H,2,6H2,1H3,(H2,17,18,19,20). The summed E-state index contributed by atoms with van der Waals surface area (Å²) >= 11 is 10.5. The van der Waals surface area contributed by atoms with Crippen molar-refractivity contribution in [3.05, 3.63) is 37.8 Å². The number of hydrogen-bond acceptors (Lipinski definition) is 4. The predicted molar refractivity (Wildman–Crippen MR) is 93.6 cm³/mol. The maximum Gasteiger partial charge on any atom is 0.224 e. The first-order valence-corrected chi connectivity index (χ1v) is 8.47. The second-order valence-corrected chi connectivity index (χ2v) is 6.60. The van der Waals surface area contributed by atoms with Crippen LogP contribution in [0.1, 0.15) is 13.3 Å². The van der Waals surface area contributed by atoms with Crippen LogP contribution in [-0.4, -0.2) is 16.5 Å². The van der Waals surface area contributed by atoms with Crippen LogP contribution in [-0.2, 0) is 0 Å². The van der Waals surface area contributed by atoms with Crippen molar-refractivity contribution in [2.75, 3.05) is 17.2 Å². The summed E-state index contributed by atoms with van der Waals surface area (Å²) in [6.45, 7) is 2.95. The average molecular weight is 465 g/mol. The summed E-state index contributed by atoms with van der Waals surface area (Å²) in [5.41, 5.74) is 0.924. The van der Waals surface area contributed by atoms with Crippen molar-refractivity contribution in [1.29, 1.82) is 0 Å². The first kappa shape index (κ1) is 15.7. The molecule has 0 atom stereocenters. The smallest absolute Gasteiger partial charge is 0.224 e. The van der Waals surface area contributed by atoms with Crippen LogP contribution >= 0.6 is 47.8 Å². The van der Waals surface area contributed by atoms with Crippen molar-refractivity contribution in [1.82, 2.24) is 9.97 Å². The third-order valence-electron chi connectivity index (χ3n) is 2.48. The lowest BCUT2D eigenvalue weighted by Gasteiger charge is -2.12. The van der Waals surface area contributed by atoms with Crippen LogP contribution in [0.5, 0.6) is 0 Å². The van der Waals surface area contributed by atoms with E-state index in [-0.39, 0.29) is 0 Å². The molecule has 4 nitrogen and oxygen atoms in total. The summed E-state index contributed by atoms with van der Waals surface area (Å²) in [4.78, 5) is 8.70. The van der Waals surface area contributed by atoms with Crippen molar-refractivity contribution >= 4 is 65.2 Å². The minimum absolute atomic E-state index is 0.612. The van der Waals surface area contributed by atoms with Gasteiger partial charge in [-0.25, -0.2) is 4.98 Å². The van der Waals surface area contributed by atoms with Gasteiger partial charge >= 0.3 is 0 Å². The van der Waals surface area contributed by atoms with Gasteiger partial charge in [-0.05, 0) is 66.3 Å². The molecule has 106 valence electrons. The molecule has 0 saturated heterocycles. The van der Waals surface area contributed by atoms with E-state index in [0.29, 0.717) is 11.8 Å². The molecule has 0 radical (unpaired) electrons. The lowest BCUT2D eigenvalue weighted by atomic mass is 10.3. The zero-order chi connectivity index (χ0) is 14.5. The van der Waals surface area contributed by atoms with E-state index in [0.717, 1.165) is 32.1 Å². The van der Waals surface area contributed by atoms with Gasteiger partial charge in [-0.2, -0.15) is 4.98 Å². The van der Waals surface area contributed by atoms with Crippen LogP contribution in [0.4, 0.5) is 17.5 Å². The quantitative estimate of drug-likeness (QED) is 0.628. The number of para-hydroxylation sites is 1. The molecule has 0 bridgehead atoms. The Hall–Kier alpha value is -0.660. The maximum atomic E-state index is 4.47. The normalized spacial score (nSPS) is 10.4. The number of rotatable bonds is 5. The topological polar surface area (TPSA) is 49.8 Å². The number of nitrogens with zero attached hydrogens (tertiary/aromatic N) is 2. The van der Waals surface area contributed by atoms with Crippen molar-refractivity contribution in [2.45, 2.75) is 13.3 Å². The largest absolute Gasteiger partial charge is 0.354 e. The number of anilines is 3. The predicted octanol–water partition coefficient (Wildman–Crippen LogP) is 5.33. The molecule has 2 rings (SSSR count). The summed E-state index contributed by atoms with van der Waals surface area (Å²) < 4.78 is 2.73. The highest BCUT2D eigenvalue weighted by Crippen LogP contribution is 2.34. The van der Waals surface area contributed by atoms with E-state index in [9.17, 15) is 0 Å². The summed E-state index contributed by atoms with van der Waals surface area (Å²) in [6.07, 6.45) is 2.76. The van der Waals surface area contributed by atoms with Gasteiger partial charge < -0.3 is 10.6 Å². The molecule has 2 aromatic rings. The van der Waals surface area contributed by atoms with Gasteiger partial charge in [0.15, 0.2) is 0 Å². The van der Waals surface area contributed by atoms with Crippen molar-refractivity contribution in [2.24, 2.45) is 0 Å². The fourth-order valence-electron chi connectivity index (χ4n) is 1.51. The van der Waals surface area contributed by atoms with Gasteiger partial charge in [0.05, 0.1) is 10.2 Å². The molecule has 0 aliphatic rings. The average Bonchev–Trinajstić information content (AvgIpc) is 2.43. The SMILES string of the molecule is CCCNc1ncc(Br)c(Nc2c(Br)cccc2Br)n1. The highest BCUT2D eigenvalue weighted by atomic mass is 79.9. The first-order chi connectivity index (χ1) is 9.61. The van der Waals surface area contributed by atoms with Crippen LogP contribution in [0, 0.1) is 0 Å². The number of benzene rings is 1. The van der Waals surface area contributed by atoms with Gasteiger partial charge in [-0.1, -0.05) is 13.0 Å². The Bertz CT molecular complexity index is 584. The van der Waals surface area contributed by atoms with Gasteiger partial charge in [0, 0.05) is 21.7 Å². The molecule has 0 fully saturated rings. The third kappa shape index (κ3) is 3.93. The summed E-state index contributed by atoms with van der Waals surface area (Å²) in [5.74, 6) is 1.33. The highest BCUT2D eigenvalue weighted by Gasteiger charge is 2.09. The number of halogens is 3. The van der Waals surface area contributed by atoms with Crippen LogP contribution in [0.3, 0.4) is 0 Å². The van der Waals surface area contributed by atoms with Gasteiger partial charge in [0.1, 0.15) is 5.82 Å². The van der Waals surface area contributed by atoms with Crippen LogP contribution in [0.2, 0.25) is 0 Å². The molecule has 0 saturated carbocycles. The minimum atomic E-state index is 0.612. The van der Waals surface area contributed by atoms with E-state index in [2.05, 4.69) is 75.3 Å². The lowest BCUT2D eigenvalue weighted by molar-refractivity contribution is 0.952. The van der Waals surface area contributed by atoms with Gasteiger partial charge in [-0.3, -0.25) is 0 Å². The molecule has 2 N–H and O–H groups in total. The first-order valence-electron chi connectivity index (χ1n) is 6.09. The molecule has 20 heavy (non-hydrogen) atoms. The highest BCUT2D eigenvalue weighted by molar-refractivity contribution is 9.11. The second kappa shape index (κ2) is 7.38. The third-order valence-corrected chi connectivity index (χ3v) is 4.39. The fraction of sp³-hybridized carbons (Fsp3) is 0.231. The number of hydrogen-bond donors (Lipinski definition) is 2. The monoisotopic (exact) mass is 462 g/mol. The molecule has 7 heteroatoms. The fourth-order valence-corrected chi connectivity index (χ4v) is 3.00. The molecule has 1 aromatic carbocycles. The van der Waals surface area contributed by atoms with E-state index < -0.39 is 0 Å². The molecule has 1 aromatic heterocycles. The van der Waals surface area contributed by atoms with E-state index in [4.69, 9.17) is 0 Å². The van der Waals surface area contributed by atoms with Gasteiger partial charge in [0.2, 0.25) is 5.95 Å². The van der Waals surface area contributed by atoms with Crippen LogP contribution in [0.25, 0.3) is 0 Å². The zero-order valence-electron chi connectivity index (χ0n) is 10.8. The Morgan fingerprint density at radius 1 is 1.10 bits per heavy atom. The van der Waals surface area contributed by atoms with Crippen LogP contribution in [0.15, 0.2) is 37.8 Å². The molecule has 1 heterocycles. The van der Waals surface area contributed by atoms with Crippen molar-refractivity contribution in [3.63, 3.8) is 0 Å². The lowest BCUT2D eigenvalue weighted by Crippen LogP contribution is -2.06. The molecule has 0 spiro atoms. The molecular weight excluding hydrogens is 452 g/mol. The van der Waals surface area contributed by atoms with E-state index in [1.807, 2.05) is 18.2 Å². The molecule has 0 amide bonds. The molecular formula is C13H13Br3N4. The van der Waals surface area contributed by atoms with Crippen LogP contribution < -0.4 is 10.6 Å². The van der Waals surface area contributed by atoms with Crippen molar-refractivity contribution in [3.8, 4) is 0 Å².